The molecule has 0 aliphatic carbocycles. The molecule has 1 aliphatic rings. The largest absolute Gasteiger partial charge is 0.378 e. The van der Waals surface area contributed by atoms with Crippen LogP contribution < -0.4 is 10.2 Å². The topological polar surface area (TPSA) is 93.4 Å². The van der Waals surface area contributed by atoms with Gasteiger partial charge in [-0.3, -0.25) is 4.79 Å². The molecule has 9 heteroatoms. The van der Waals surface area contributed by atoms with Crippen molar-refractivity contribution in [1.82, 2.24) is 20.4 Å². The quantitative estimate of drug-likeness (QED) is 0.496. The van der Waals surface area contributed by atoms with Gasteiger partial charge in [-0.15, -0.1) is 11.3 Å². The first-order valence-electron chi connectivity index (χ1n) is 10.5. The summed E-state index contributed by atoms with van der Waals surface area (Å²) in [6.07, 6.45) is 1.80. The van der Waals surface area contributed by atoms with Crippen LogP contribution in [-0.2, 0) is 11.3 Å². The Morgan fingerprint density at radius 3 is 2.75 bits per heavy atom. The lowest BCUT2D eigenvalue weighted by Crippen LogP contribution is -2.36. The highest BCUT2D eigenvalue weighted by Crippen LogP contribution is 2.31. The Labute approximate surface area is 189 Å². The number of fused-ring (bicyclic) bond motifs is 1. The number of amides is 1. The van der Waals surface area contributed by atoms with Crippen LogP contribution in [0, 0.1) is 13.8 Å². The number of carbonyl (C=O) groups is 1. The summed E-state index contributed by atoms with van der Waals surface area (Å²) in [6.45, 7) is 7.34. The van der Waals surface area contributed by atoms with Crippen LogP contribution >= 0.6 is 11.3 Å². The third-order valence-electron chi connectivity index (χ3n) is 5.45. The van der Waals surface area contributed by atoms with Crippen LogP contribution in [0.15, 0.2) is 41.1 Å². The van der Waals surface area contributed by atoms with Gasteiger partial charge in [0.15, 0.2) is 0 Å². The highest BCUT2D eigenvalue weighted by molar-refractivity contribution is 7.15. The molecule has 0 aromatic carbocycles. The van der Waals surface area contributed by atoms with E-state index in [1.807, 2.05) is 44.2 Å². The molecular formula is C23H23N5O3S. The van der Waals surface area contributed by atoms with E-state index in [9.17, 15) is 4.79 Å². The summed E-state index contributed by atoms with van der Waals surface area (Å²) >= 11 is 1.62. The average Bonchev–Trinajstić information content (AvgIpc) is 3.43. The molecule has 0 bridgehead atoms. The fraction of sp³-hybridized carbons (Fsp3) is 0.304. The van der Waals surface area contributed by atoms with Gasteiger partial charge in [-0.05, 0) is 43.7 Å². The van der Waals surface area contributed by atoms with Gasteiger partial charge in [-0.2, -0.15) is 0 Å². The maximum absolute atomic E-state index is 13.1. The highest BCUT2D eigenvalue weighted by atomic mass is 32.1. The molecule has 0 spiro atoms. The maximum atomic E-state index is 13.1. The van der Waals surface area contributed by atoms with Crippen LogP contribution in [0.5, 0.6) is 0 Å². The van der Waals surface area contributed by atoms with Crippen LogP contribution in [-0.4, -0.2) is 47.3 Å². The molecule has 1 N–H and O–H groups in total. The van der Waals surface area contributed by atoms with E-state index in [4.69, 9.17) is 9.26 Å². The molecule has 0 saturated carbocycles. The van der Waals surface area contributed by atoms with Crippen molar-refractivity contribution in [3.63, 3.8) is 0 Å². The summed E-state index contributed by atoms with van der Waals surface area (Å²) in [5, 5.41) is 7.65. The van der Waals surface area contributed by atoms with Crippen molar-refractivity contribution >= 4 is 34.2 Å². The fourth-order valence-electron chi connectivity index (χ4n) is 3.75. The second-order valence-corrected chi connectivity index (χ2v) is 9.01. The zero-order valence-corrected chi connectivity index (χ0v) is 18.7. The number of nitrogens with zero attached hydrogens (tertiary/aromatic N) is 4. The molecular weight excluding hydrogens is 426 g/mol. The first-order chi connectivity index (χ1) is 15.6. The van der Waals surface area contributed by atoms with E-state index in [1.54, 1.807) is 17.5 Å². The number of morpholine rings is 1. The standard InChI is InChI=1S/C23H23N5O3S/c1-14-3-5-19(32-14)18-11-17(21-15(2)27-31-23(21)26-18)22(29)25-13-16-4-6-20(24-12-16)28-7-9-30-10-8-28/h3-6,11-12H,7-10,13H2,1-2H3,(H,25,29). The summed E-state index contributed by atoms with van der Waals surface area (Å²) < 4.78 is 10.8. The first kappa shape index (κ1) is 20.6. The molecule has 0 radical (unpaired) electrons. The molecule has 4 aromatic rings. The summed E-state index contributed by atoms with van der Waals surface area (Å²) in [5.41, 5.74) is 3.15. The lowest BCUT2D eigenvalue weighted by atomic mass is 10.1. The minimum Gasteiger partial charge on any atom is -0.378 e. The van der Waals surface area contributed by atoms with Crippen LogP contribution in [0.1, 0.15) is 26.5 Å². The van der Waals surface area contributed by atoms with Gasteiger partial charge >= 0.3 is 0 Å². The van der Waals surface area contributed by atoms with Crippen molar-refractivity contribution in [3.8, 4) is 10.6 Å². The van der Waals surface area contributed by atoms with E-state index in [0.29, 0.717) is 34.6 Å². The molecule has 0 atom stereocenters. The van der Waals surface area contributed by atoms with Gasteiger partial charge in [-0.25, -0.2) is 9.97 Å². The second-order valence-electron chi connectivity index (χ2n) is 7.72. The van der Waals surface area contributed by atoms with Crippen molar-refractivity contribution in [2.75, 3.05) is 31.2 Å². The molecule has 4 aromatic heterocycles. The molecule has 5 rings (SSSR count). The number of hydrogen-bond acceptors (Lipinski definition) is 8. The average molecular weight is 450 g/mol. The number of thiophene rings is 1. The Balaban J connectivity index is 1.36. The Morgan fingerprint density at radius 1 is 1.19 bits per heavy atom. The summed E-state index contributed by atoms with van der Waals surface area (Å²) in [7, 11) is 0. The third-order valence-corrected chi connectivity index (χ3v) is 6.48. The second kappa shape index (κ2) is 8.68. The van der Waals surface area contributed by atoms with Crippen molar-refractivity contribution in [3.05, 3.63) is 58.2 Å². The van der Waals surface area contributed by atoms with Crippen LogP contribution in [0.4, 0.5) is 5.82 Å². The molecule has 5 heterocycles. The van der Waals surface area contributed by atoms with E-state index >= 15 is 0 Å². The zero-order valence-electron chi connectivity index (χ0n) is 17.9. The Bertz CT molecular complexity index is 1260. The molecule has 1 amide bonds. The number of aromatic nitrogens is 3. The number of nitrogens with one attached hydrogen (secondary N) is 1. The molecule has 0 unspecified atom stereocenters. The van der Waals surface area contributed by atoms with Gasteiger partial charge in [-0.1, -0.05) is 11.2 Å². The Kier molecular flexibility index (Phi) is 5.59. The number of pyridine rings is 2. The first-order valence-corrected chi connectivity index (χ1v) is 11.3. The number of rotatable bonds is 5. The molecule has 164 valence electrons. The van der Waals surface area contributed by atoms with E-state index in [2.05, 4.69) is 25.3 Å². The van der Waals surface area contributed by atoms with Gasteiger partial charge in [0.2, 0.25) is 0 Å². The third kappa shape index (κ3) is 4.09. The SMILES string of the molecule is Cc1ccc(-c2cc(C(=O)NCc3ccc(N4CCOCC4)nc3)c3c(C)noc3n2)s1. The normalized spacial score (nSPS) is 14.1. The summed E-state index contributed by atoms with van der Waals surface area (Å²) in [4.78, 5) is 26.6. The number of anilines is 1. The molecule has 1 fully saturated rings. The van der Waals surface area contributed by atoms with Crippen molar-refractivity contribution in [2.24, 2.45) is 0 Å². The smallest absolute Gasteiger partial charge is 0.259 e. The summed E-state index contributed by atoms with van der Waals surface area (Å²) in [5.74, 6) is 0.727. The summed E-state index contributed by atoms with van der Waals surface area (Å²) in [6, 6.07) is 9.82. The minimum atomic E-state index is -0.199. The van der Waals surface area contributed by atoms with Crippen LogP contribution in [0.2, 0.25) is 0 Å². The van der Waals surface area contributed by atoms with Crippen molar-refractivity contribution in [1.29, 1.82) is 0 Å². The van der Waals surface area contributed by atoms with E-state index in [0.717, 1.165) is 42.6 Å². The maximum Gasteiger partial charge on any atom is 0.259 e. The number of aryl methyl sites for hydroxylation is 2. The Morgan fingerprint density at radius 2 is 2.03 bits per heavy atom. The molecule has 8 nitrogen and oxygen atoms in total. The molecule has 32 heavy (non-hydrogen) atoms. The molecule has 1 saturated heterocycles. The number of carbonyl (C=O) groups excluding carboxylic acids is 1. The van der Waals surface area contributed by atoms with E-state index < -0.39 is 0 Å². The fourth-order valence-corrected chi connectivity index (χ4v) is 4.58. The lowest BCUT2D eigenvalue weighted by Gasteiger charge is -2.27. The zero-order chi connectivity index (χ0) is 22.1. The van der Waals surface area contributed by atoms with E-state index in [-0.39, 0.29) is 5.91 Å². The van der Waals surface area contributed by atoms with Gasteiger partial charge in [0.1, 0.15) is 5.82 Å². The van der Waals surface area contributed by atoms with Gasteiger partial charge in [0.05, 0.1) is 40.4 Å². The van der Waals surface area contributed by atoms with Crippen molar-refractivity contribution in [2.45, 2.75) is 20.4 Å². The minimum absolute atomic E-state index is 0.199. The number of ether oxygens (including phenoxy) is 1. The predicted octanol–water partition coefficient (Wildman–Crippen LogP) is 3.73. The molecule has 1 aliphatic heterocycles. The van der Waals surface area contributed by atoms with Gasteiger partial charge < -0.3 is 19.5 Å². The lowest BCUT2D eigenvalue weighted by molar-refractivity contribution is 0.0952. The van der Waals surface area contributed by atoms with Crippen LogP contribution in [0.3, 0.4) is 0 Å². The monoisotopic (exact) mass is 449 g/mol. The van der Waals surface area contributed by atoms with Gasteiger partial charge in [0.25, 0.3) is 11.6 Å². The van der Waals surface area contributed by atoms with Crippen LogP contribution in [0.25, 0.3) is 21.7 Å². The highest BCUT2D eigenvalue weighted by Gasteiger charge is 2.20. The number of hydrogen-bond donors (Lipinski definition) is 1. The Hall–Kier alpha value is -3.30. The van der Waals surface area contributed by atoms with Gasteiger partial charge in [0, 0.05) is 30.7 Å². The van der Waals surface area contributed by atoms with Crippen molar-refractivity contribution < 1.29 is 14.1 Å². The van der Waals surface area contributed by atoms with E-state index in [1.165, 1.54) is 4.88 Å². The predicted molar refractivity (Wildman–Crippen MR) is 123 cm³/mol.